The van der Waals surface area contributed by atoms with E-state index in [9.17, 15) is 4.79 Å². The van der Waals surface area contributed by atoms with Gasteiger partial charge in [0.2, 0.25) is 0 Å². The zero-order chi connectivity index (χ0) is 15.7. The summed E-state index contributed by atoms with van der Waals surface area (Å²) in [5.41, 5.74) is 0. The Labute approximate surface area is 145 Å². The van der Waals surface area contributed by atoms with E-state index in [4.69, 9.17) is 9.47 Å². The summed E-state index contributed by atoms with van der Waals surface area (Å²) in [7, 11) is 0. The predicted octanol–water partition coefficient (Wildman–Crippen LogP) is 2.89. The number of rotatable bonds is 4. The topological polar surface area (TPSA) is 38.8 Å². The van der Waals surface area contributed by atoms with Crippen molar-refractivity contribution < 1.29 is 14.3 Å². The highest BCUT2D eigenvalue weighted by Crippen LogP contribution is 2.46. The first kappa shape index (κ1) is 15.9. The van der Waals surface area contributed by atoms with Gasteiger partial charge in [-0.2, -0.15) is 0 Å². The molecule has 3 fully saturated rings. The fourth-order valence-corrected chi connectivity index (χ4v) is 5.91. The van der Waals surface area contributed by atoms with Crippen LogP contribution in [0.5, 0.6) is 0 Å². The summed E-state index contributed by atoms with van der Waals surface area (Å²) in [6.45, 7) is 4.41. The molecule has 4 rings (SSSR count). The zero-order valence-electron chi connectivity index (χ0n) is 13.2. The van der Waals surface area contributed by atoms with E-state index in [-0.39, 0.29) is 10.7 Å². The van der Waals surface area contributed by atoms with Crippen LogP contribution in [0.2, 0.25) is 0 Å². The van der Waals surface area contributed by atoms with Crippen LogP contribution in [0.15, 0.2) is 17.5 Å². The highest BCUT2D eigenvalue weighted by Gasteiger charge is 2.51. The highest BCUT2D eigenvalue weighted by atomic mass is 32.2. The molecule has 0 N–H and O–H groups in total. The van der Waals surface area contributed by atoms with Gasteiger partial charge in [0, 0.05) is 38.7 Å². The number of hydrogen-bond acceptors (Lipinski definition) is 5. The molecule has 126 valence electrons. The minimum Gasteiger partial charge on any atom is -0.381 e. The van der Waals surface area contributed by atoms with Gasteiger partial charge in [-0.25, -0.2) is 0 Å². The van der Waals surface area contributed by atoms with Crippen LogP contribution in [-0.2, 0) is 9.47 Å². The first-order valence-corrected chi connectivity index (χ1v) is 10.3. The molecule has 3 aliphatic rings. The number of thiophene rings is 1. The Balaban J connectivity index is 1.23. The Kier molecular flexibility index (Phi) is 4.67. The summed E-state index contributed by atoms with van der Waals surface area (Å²) >= 11 is 3.54. The minimum absolute atomic E-state index is 0.192. The second-order valence-corrected chi connectivity index (χ2v) is 9.28. The quantitative estimate of drug-likeness (QED) is 0.834. The lowest BCUT2D eigenvalue weighted by Crippen LogP contribution is -2.60. The Morgan fingerprint density at radius 3 is 2.96 bits per heavy atom. The lowest BCUT2D eigenvalue weighted by atomic mass is 9.92. The Hall–Kier alpha value is -0.560. The molecule has 0 aliphatic carbocycles. The van der Waals surface area contributed by atoms with Crippen molar-refractivity contribution in [1.29, 1.82) is 0 Å². The van der Waals surface area contributed by atoms with E-state index >= 15 is 0 Å². The predicted molar refractivity (Wildman–Crippen MR) is 93.3 cm³/mol. The number of hydrogen-bond donors (Lipinski definition) is 0. The fourth-order valence-electron chi connectivity index (χ4n) is 3.66. The van der Waals surface area contributed by atoms with Gasteiger partial charge in [0.1, 0.15) is 0 Å². The second kappa shape index (κ2) is 6.75. The monoisotopic (exact) mass is 353 g/mol. The van der Waals surface area contributed by atoms with E-state index in [0.29, 0.717) is 12.0 Å². The summed E-state index contributed by atoms with van der Waals surface area (Å²) in [6, 6.07) is 3.86. The normalized spacial score (nSPS) is 27.3. The van der Waals surface area contributed by atoms with Gasteiger partial charge in [-0.3, -0.25) is 4.79 Å². The standard InChI is InChI=1S/C17H23NO3S2/c19-16(15-2-1-7-22-15)18-11-17(12-18)8-14(10-23-17)21-9-13-3-5-20-6-4-13/h1-2,7,13-14H,3-6,8-12H2. The number of ether oxygens (including phenoxy) is 2. The molecular weight excluding hydrogens is 330 g/mol. The molecule has 0 aromatic carbocycles. The molecule has 0 radical (unpaired) electrons. The van der Waals surface area contributed by atoms with Gasteiger partial charge in [-0.15, -0.1) is 23.1 Å². The number of amides is 1. The Morgan fingerprint density at radius 2 is 2.22 bits per heavy atom. The molecule has 0 saturated carbocycles. The van der Waals surface area contributed by atoms with Crippen molar-refractivity contribution in [3.63, 3.8) is 0 Å². The highest BCUT2D eigenvalue weighted by molar-refractivity contribution is 8.01. The summed E-state index contributed by atoms with van der Waals surface area (Å²) in [4.78, 5) is 15.2. The van der Waals surface area contributed by atoms with Crippen molar-refractivity contribution in [3.8, 4) is 0 Å². The van der Waals surface area contributed by atoms with Crippen LogP contribution in [0.1, 0.15) is 28.9 Å². The molecule has 4 nitrogen and oxygen atoms in total. The van der Waals surface area contributed by atoms with E-state index in [1.165, 1.54) is 11.3 Å². The molecule has 6 heteroatoms. The van der Waals surface area contributed by atoms with E-state index in [1.54, 1.807) is 0 Å². The molecule has 1 spiro atoms. The van der Waals surface area contributed by atoms with Crippen LogP contribution in [0.3, 0.4) is 0 Å². The van der Waals surface area contributed by atoms with Crippen molar-refractivity contribution in [2.75, 3.05) is 38.7 Å². The number of nitrogens with zero attached hydrogens (tertiary/aromatic N) is 1. The van der Waals surface area contributed by atoms with Crippen molar-refractivity contribution in [3.05, 3.63) is 22.4 Å². The van der Waals surface area contributed by atoms with Crippen molar-refractivity contribution >= 4 is 29.0 Å². The third-order valence-corrected chi connectivity index (χ3v) is 7.49. The van der Waals surface area contributed by atoms with E-state index in [1.807, 2.05) is 34.2 Å². The molecule has 1 aromatic heterocycles. The molecule has 4 heterocycles. The van der Waals surface area contributed by atoms with Crippen molar-refractivity contribution in [2.24, 2.45) is 5.92 Å². The van der Waals surface area contributed by atoms with Crippen LogP contribution >= 0.6 is 23.1 Å². The maximum Gasteiger partial charge on any atom is 0.264 e. The molecular formula is C17H23NO3S2. The first-order valence-electron chi connectivity index (χ1n) is 8.40. The smallest absolute Gasteiger partial charge is 0.264 e. The molecule has 3 saturated heterocycles. The summed E-state index contributed by atoms with van der Waals surface area (Å²) in [6.07, 6.45) is 3.72. The molecule has 1 unspecified atom stereocenters. The van der Waals surface area contributed by atoms with Crippen molar-refractivity contribution in [1.82, 2.24) is 4.90 Å². The van der Waals surface area contributed by atoms with Gasteiger partial charge in [-0.1, -0.05) is 6.07 Å². The van der Waals surface area contributed by atoms with Gasteiger partial charge in [0.05, 0.1) is 15.7 Å². The van der Waals surface area contributed by atoms with Gasteiger partial charge in [0.25, 0.3) is 5.91 Å². The molecule has 1 atom stereocenters. The van der Waals surface area contributed by atoms with Gasteiger partial charge in [-0.05, 0) is 36.6 Å². The average Bonchev–Trinajstić information content (AvgIpc) is 3.22. The molecule has 23 heavy (non-hydrogen) atoms. The van der Waals surface area contributed by atoms with Crippen LogP contribution in [0.4, 0.5) is 0 Å². The lowest BCUT2D eigenvalue weighted by molar-refractivity contribution is -0.0118. The van der Waals surface area contributed by atoms with Crippen LogP contribution in [0, 0.1) is 5.92 Å². The summed E-state index contributed by atoms with van der Waals surface area (Å²) in [5, 5.41) is 1.97. The fraction of sp³-hybridized carbons (Fsp3) is 0.706. The average molecular weight is 354 g/mol. The van der Waals surface area contributed by atoms with E-state index in [0.717, 1.165) is 62.8 Å². The Bertz CT molecular complexity index is 536. The van der Waals surface area contributed by atoms with Crippen molar-refractivity contribution in [2.45, 2.75) is 30.1 Å². The first-order chi connectivity index (χ1) is 11.2. The molecule has 1 aromatic rings. The third-order valence-electron chi connectivity index (χ3n) is 5.06. The largest absolute Gasteiger partial charge is 0.381 e. The number of likely N-dealkylation sites (tertiary alicyclic amines) is 1. The van der Waals surface area contributed by atoms with Crippen LogP contribution in [0.25, 0.3) is 0 Å². The Morgan fingerprint density at radius 1 is 1.39 bits per heavy atom. The lowest BCUT2D eigenvalue weighted by Gasteiger charge is -2.47. The van der Waals surface area contributed by atoms with Crippen LogP contribution in [-0.4, -0.2) is 60.3 Å². The molecule has 1 amide bonds. The number of carbonyl (C=O) groups excluding carboxylic acids is 1. The van der Waals surface area contributed by atoms with Gasteiger partial charge in [0.15, 0.2) is 0 Å². The SMILES string of the molecule is O=C(c1cccs1)N1CC2(CC(OCC3CCOCC3)CS2)C1. The summed E-state index contributed by atoms with van der Waals surface area (Å²) in [5.74, 6) is 1.94. The maximum atomic E-state index is 12.3. The van der Waals surface area contributed by atoms with E-state index in [2.05, 4.69) is 0 Å². The van der Waals surface area contributed by atoms with Gasteiger partial charge >= 0.3 is 0 Å². The summed E-state index contributed by atoms with van der Waals surface area (Å²) < 4.78 is 11.8. The third kappa shape index (κ3) is 3.45. The molecule has 0 bridgehead atoms. The zero-order valence-corrected chi connectivity index (χ0v) is 14.9. The maximum absolute atomic E-state index is 12.3. The van der Waals surface area contributed by atoms with E-state index < -0.39 is 0 Å². The minimum atomic E-state index is 0.192. The van der Waals surface area contributed by atoms with Gasteiger partial charge < -0.3 is 14.4 Å². The number of carbonyl (C=O) groups is 1. The molecule has 3 aliphatic heterocycles. The number of thioether (sulfide) groups is 1. The second-order valence-electron chi connectivity index (χ2n) is 6.85. The van der Waals surface area contributed by atoms with Crippen LogP contribution < -0.4 is 0 Å².